The van der Waals surface area contributed by atoms with E-state index in [-0.39, 0.29) is 39.1 Å². The van der Waals surface area contributed by atoms with Crippen molar-refractivity contribution >= 4 is 23.9 Å². The number of aliphatic hydroxyl groups excluding tert-OH is 5. The van der Waals surface area contributed by atoms with Crippen molar-refractivity contribution in [3.63, 3.8) is 0 Å². The third-order valence-corrected chi connectivity index (χ3v) is 13.3. The molecule has 5 fully saturated rings. The highest BCUT2D eigenvalue weighted by Crippen LogP contribution is 2.59. The van der Waals surface area contributed by atoms with Gasteiger partial charge in [0.2, 0.25) is 11.8 Å². The SMILES string of the molecule is CN(C(=O)[C@@]12C[C@H]3OC(=O)[C@@H]1N(Cc1ccccc1C=CCO[C@H]1O[C@H](CO)[C@H](O)[C@H](O)[C@H]1O)O[C@@H]2[C@H]1OC2(Cc4ccccc4C2)O[C@H]13)[C@H](Cc1ccccc1)C(=O)NCCO. The zero-order valence-electron chi connectivity index (χ0n) is 34.7. The number of carbonyl (C=O) groups is 3. The molecule has 12 atom stereocenters. The molecule has 0 aromatic heterocycles. The number of fused-ring (bicyclic) bond motifs is 5. The Balaban J connectivity index is 1.02. The summed E-state index contributed by atoms with van der Waals surface area (Å²) in [6, 6.07) is 22.4. The van der Waals surface area contributed by atoms with Gasteiger partial charge in [-0.3, -0.25) is 19.2 Å². The summed E-state index contributed by atoms with van der Waals surface area (Å²) >= 11 is 0. The summed E-state index contributed by atoms with van der Waals surface area (Å²) in [5.74, 6) is -2.69. The molecule has 6 N–H and O–H groups in total. The normalized spacial score (nSPS) is 33.2. The van der Waals surface area contributed by atoms with Crippen molar-refractivity contribution in [2.45, 2.75) is 105 Å². The summed E-state index contributed by atoms with van der Waals surface area (Å²) < 4.78 is 31.1. The monoisotopic (exact) mass is 871 g/mol. The zero-order valence-corrected chi connectivity index (χ0v) is 34.7. The van der Waals surface area contributed by atoms with Crippen LogP contribution in [0.3, 0.4) is 0 Å². The van der Waals surface area contributed by atoms with Gasteiger partial charge in [0.25, 0.3) is 0 Å². The summed E-state index contributed by atoms with van der Waals surface area (Å²) in [5.41, 5.74) is 2.80. The molecule has 2 bridgehead atoms. The minimum Gasteiger partial charge on any atom is -0.458 e. The van der Waals surface area contributed by atoms with Crippen LogP contribution in [0, 0.1) is 5.41 Å². The highest BCUT2D eigenvalue weighted by atomic mass is 16.8. The predicted octanol–water partition coefficient (Wildman–Crippen LogP) is -0.226. The van der Waals surface area contributed by atoms with Crippen molar-refractivity contribution in [2.24, 2.45) is 5.41 Å². The fraction of sp³-hybridized carbons (Fsp3) is 0.500. The zero-order chi connectivity index (χ0) is 44.0. The van der Waals surface area contributed by atoms with Crippen LogP contribution < -0.4 is 5.32 Å². The number of aliphatic hydroxyl groups is 5. The summed E-state index contributed by atoms with van der Waals surface area (Å²) in [6.45, 7) is -0.953. The van der Waals surface area contributed by atoms with Crippen molar-refractivity contribution in [2.75, 3.05) is 33.4 Å². The van der Waals surface area contributed by atoms with Gasteiger partial charge in [-0.15, -0.1) is 0 Å². The molecule has 0 radical (unpaired) electrons. The van der Waals surface area contributed by atoms with E-state index >= 15 is 4.79 Å². The van der Waals surface area contributed by atoms with E-state index in [1.54, 1.807) is 19.2 Å². The van der Waals surface area contributed by atoms with Gasteiger partial charge < -0.3 is 59.4 Å². The summed E-state index contributed by atoms with van der Waals surface area (Å²) in [7, 11) is 1.56. The molecule has 3 aromatic rings. The van der Waals surface area contributed by atoms with Crippen LogP contribution in [0.4, 0.5) is 0 Å². The average Bonchev–Trinajstić information content (AvgIpc) is 3.97. The van der Waals surface area contributed by atoms with Crippen LogP contribution in [0.15, 0.2) is 84.9 Å². The largest absolute Gasteiger partial charge is 0.458 e. The third kappa shape index (κ3) is 7.88. The molecule has 17 heteroatoms. The minimum absolute atomic E-state index is 0.0129. The standard InChI is InChI=1S/C46H53N3O14/c1-48(31(41(55)47-17-18-50)20-26-10-3-2-4-11-26)44(57)46-23-32-37-38(62-45(61-37)21-28-13-6-7-14-29(28)22-45)40(46)63-49(39(46)42(56)59-32)24-30-15-8-5-12-27(30)16-9-19-58-43-36(54)35(53)34(52)33(25-51)60-43/h2-16,31-40,43,50-54H,17-25H2,1H3,(H,47,55)/t31-,32-,33-,34+,35+,36-,37+,38+,39+,40-,43+,46+/m1/s1. The van der Waals surface area contributed by atoms with Crippen LogP contribution in [0.2, 0.25) is 0 Å². The number of rotatable bonds is 14. The summed E-state index contributed by atoms with van der Waals surface area (Å²) in [4.78, 5) is 52.3. The average molecular weight is 872 g/mol. The highest BCUT2D eigenvalue weighted by molar-refractivity contribution is 5.96. The first-order valence-corrected chi connectivity index (χ1v) is 21.4. The number of likely N-dealkylation sites (N-methyl/N-ethyl adjacent to an activating group) is 1. The number of hydrogen-bond acceptors (Lipinski definition) is 15. The number of ether oxygens (including phenoxy) is 5. The molecule has 6 aliphatic rings. The van der Waals surface area contributed by atoms with E-state index in [0.717, 1.165) is 16.7 Å². The van der Waals surface area contributed by atoms with Crippen LogP contribution in [0.1, 0.15) is 34.2 Å². The maximum Gasteiger partial charge on any atom is 0.327 e. The number of nitrogens with one attached hydrogen (secondary N) is 1. The van der Waals surface area contributed by atoms with Crippen LogP contribution in [0.25, 0.3) is 6.08 Å². The molecular weight excluding hydrogens is 819 g/mol. The first-order valence-electron chi connectivity index (χ1n) is 21.4. The third-order valence-electron chi connectivity index (χ3n) is 13.3. The predicted molar refractivity (Wildman–Crippen MR) is 219 cm³/mol. The Morgan fingerprint density at radius 2 is 1.63 bits per heavy atom. The maximum absolute atomic E-state index is 15.6. The molecule has 0 unspecified atom stereocenters. The van der Waals surface area contributed by atoms with Crippen LogP contribution in [-0.2, 0) is 68.7 Å². The topological polar surface area (TPSA) is 226 Å². The number of esters is 1. The number of amides is 2. The van der Waals surface area contributed by atoms with Gasteiger partial charge in [0.15, 0.2) is 18.1 Å². The Labute approximate surface area is 363 Å². The first-order chi connectivity index (χ1) is 30.5. The van der Waals surface area contributed by atoms with Gasteiger partial charge >= 0.3 is 5.97 Å². The summed E-state index contributed by atoms with van der Waals surface area (Å²) in [6.07, 6.45) is -5.99. The Kier molecular flexibility index (Phi) is 12.3. The fourth-order valence-electron chi connectivity index (χ4n) is 10.3. The number of hydrogen-bond donors (Lipinski definition) is 6. The second-order valence-electron chi connectivity index (χ2n) is 17.2. The van der Waals surface area contributed by atoms with E-state index in [0.29, 0.717) is 24.0 Å². The number of hydroxylamine groups is 2. The number of nitrogens with zero attached hydrogens (tertiary/aromatic N) is 2. The molecule has 2 aliphatic carbocycles. The van der Waals surface area contributed by atoms with Gasteiger partial charge in [0, 0.05) is 39.3 Å². The quantitative estimate of drug-likeness (QED) is 0.115. The number of benzene rings is 3. The molecule has 336 valence electrons. The van der Waals surface area contributed by atoms with Gasteiger partial charge in [0.05, 0.1) is 26.4 Å². The summed E-state index contributed by atoms with van der Waals surface area (Å²) in [5, 5.41) is 54.1. The molecule has 3 aromatic carbocycles. The molecule has 2 amide bonds. The number of carbonyl (C=O) groups excluding carboxylic acids is 3. The maximum atomic E-state index is 15.6. The molecule has 17 nitrogen and oxygen atoms in total. The van der Waals surface area contributed by atoms with E-state index in [2.05, 4.69) is 5.32 Å². The van der Waals surface area contributed by atoms with E-state index in [1.807, 2.05) is 78.9 Å². The van der Waals surface area contributed by atoms with Crippen LogP contribution >= 0.6 is 0 Å². The molecule has 4 heterocycles. The van der Waals surface area contributed by atoms with Gasteiger partial charge in [-0.25, -0.2) is 0 Å². The van der Waals surface area contributed by atoms with Crippen LogP contribution in [0.5, 0.6) is 0 Å². The van der Waals surface area contributed by atoms with E-state index in [9.17, 15) is 35.1 Å². The smallest absolute Gasteiger partial charge is 0.327 e. The van der Waals surface area contributed by atoms with Crippen molar-refractivity contribution in [1.82, 2.24) is 15.3 Å². The second-order valence-corrected chi connectivity index (χ2v) is 17.2. The molecule has 1 spiro atoms. The van der Waals surface area contributed by atoms with Crippen molar-refractivity contribution < 1.29 is 68.4 Å². The molecular formula is C46H53N3O14. The van der Waals surface area contributed by atoms with Crippen LogP contribution in [-0.4, -0.2) is 160 Å². The Morgan fingerprint density at radius 1 is 0.937 bits per heavy atom. The van der Waals surface area contributed by atoms with E-state index < -0.39 is 103 Å². The lowest BCUT2D eigenvalue weighted by atomic mass is 9.62. The van der Waals surface area contributed by atoms with E-state index in [1.165, 1.54) is 9.96 Å². The Morgan fingerprint density at radius 3 is 2.37 bits per heavy atom. The van der Waals surface area contributed by atoms with Crippen molar-refractivity contribution in [3.8, 4) is 0 Å². The lowest BCUT2D eigenvalue weighted by molar-refractivity contribution is -0.298. The molecule has 4 aliphatic heterocycles. The lowest BCUT2D eigenvalue weighted by Crippen LogP contribution is -2.70. The van der Waals surface area contributed by atoms with Gasteiger partial charge in [-0.05, 0) is 27.8 Å². The minimum atomic E-state index is -1.58. The molecule has 9 rings (SSSR count). The van der Waals surface area contributed by atoms with Gasteiger partial charge in [-0.1, -0.05) is 91.0 Å². The van der Waals surface area contributed by atoms with Gasteiger partial charge in [0.1, 0.15) is 60.3 Å². The Hall–Kier alpha value is -4.63. The molecule has 63 heavy (non-hydrogen) atoms. The Bertz CT molecular complexity index is 2170. The fourth-order valence-corrected chi connectivity index (χ4v) is 10.3. The molecule has 4 saturated heterocycles. The van der Waals surface area contributed by atoms with Crippen molar-refractivity contribution in [3.05, 3.63) is 113 Å². The first kappa shape index (κ1) is 43.6. The van der Waals surface area contributed by atoms with Crippen molar-refractivity contribution in [1.29, 1.82) is 0 Å². The lowest BCUT2D eigenvalue weighted by Gasteiger charge is -2.50. The second kappa shape index (κ2) is 17.7. The van der Waals surface area contributed by atoms with Gasteiger partial charge in [-0.2, -0.15) is 5.06 Å². The molecule has 1 saturated carbocycles. The highest BCUT2D eigenvalue weighted by Gasteiger charge is 2.77. The van der Waals surface area contributed by atoms with E-state index in [4.69, 9.17) is 28.5 Å².